The van der Waals surface area contributed by atoms with Gasteiger partial charge in [-0.3, -0.25) is 4.79 Å². The van der Waals surface area contributed by atoms with Crippen molar-refractivity contribution in [3.05, 3.63) is 76.7 Å². The lowest BCUT2D eigenvalue weighted by Gasteiger charge is -2.10. The highest BCUT2D eigenvalue weighted by Gasteiger charge is 2.11. The second kappa shape index (κ2) is 8.51. The lowest BCUT2D eigenvalue weighted by molar-refractivity contribution is 0.102. The van der Waals surface area contributed by atoms with E-state index in [-0.39, 0.29) is 11.6 Å². The van der Waals surface area contributed by atoms with Gasteiger partial charge in [0.15, 0.2) is 0 Å². The van der Waals surface area contributed by atoms with Gasteiger partial charge in [0.05, 0.1) is 7.11 Å². The third-order valence-corrected chi connectivity index (χ3v) is 4.20. The van der Waals surface area contributed by atoms with E-state index in [4.69, 9.17) is 16.3 Å². The lowest BCUT2D eigenvalue weighted by atomic mass is 10.2. The number of nitrogens with one attached hydrogen (secondary N) is 2. The van der Waals surface area contributed by atoms with Crippen LogP contribution in [0.5, 0.6) is 5.75 Å². The van der Waals surface area contributed by atoms with Gasteiger partial charge >= 0.3 is 0 Å². The van der Waals surface area contributed by atoms with Crippen LogP contribution < -0.4 is 15.4 Å². The average molecular weight is 383 g/mol. The molecule has 0 radical (unpaired) electrons. The summed E-state index contributed by atoms with van der Waals surface area (Å²) in [6.45, 7) is 2.45. The molecule has 138 valence electrons. The highest BCUT2D eigenvalue weighted by atomic mass is 35.5. The second-order valence-corrected chi connectivity index (χ2v) is 6.34. The van der Waals surface area contributed by atoms with Gasteiger partial charge in [-0.15, -0.1) is 0 Å². The monoisotopic (exact) mass is 382 g/mol. The smallest absolute Gasteiger partial charge is 0.274 e. The Bertz CT molecular complexity index is 945. The predicted molar refractivity (Wildman–Crippen MR) is 106 cm³/mol. The van der Waals surface area contributed by atoms with Crippen molar-refractivity contribution in [2.75, 3.05) is 17.7 Å². The molecule has 1 aromatic heterocycles. The van der Waals surface area contributed by atoms with Crippen molar-refractivity contribution in [3.63, 3.8) is 0 Å². The maximum Gasteiger partial charge on any atom is 0.274 e. The van der Waals surface area contributed by atoms with Crippen molar-refractivity contribution >= 4 is 29.0 Å². The van der Waals surface area contributed by atoms with Crippen molar-refractivity contribution < 1.29 is 9.53 Å². The number of aryl methyl sites for hydroxylation is 1. The molecule has 0 saturated carbocycles. The number of methoxy groups -OCH3 is 1. The molecule has 0 spiro atoms. The fourth-order valence-electron chi connectivity index (χ4n) is 2.47. The number of carbonyl (C=O) groups is 1. The van der Waals surface area contributed by atoms with Gasteiger partial charge in [0.2, 0.25) is 0 Å². The van der Waals surface area contributed by atoms with Gasteiger partial charge in [-0.2, -0.15) is 0 Å². The Labute approximate surface area is 162 Å². The van der Waals surface area contributed by atoms with Crippen LogP contribution in [0, 0.1) is 6.92 Å². The van der Waals surface area contributed by atoms with E-state index in [1.807, 2.05) is 31.2 Å². The summed E-state index contributed by atoms with van der Waals surface area (Å²) in [5.41, 5.74) is 2.91. The van der Waals surface area contributed by atoms with Gasteiger partial charge in [-0.05, 0) is 48.4 Å². The molecule has 0 saturated heterocycles. The number of amides is 1. The highest BCUT2D eigenvalue weighted by molar-refractivity contribution is 6.30. The molecule has 0 bridgehead atoms. The maximum atomic E-state index is 12.5. The molecule has 3 aromatic rings. The van der Waals surface area contributed by atoms with Crippen LogP contribution in [-0.4, -0.2) is 23.0 Å². The molecule has 0 aliphatic heterocycles. The number of nitrogens with zero attached hydrogens (tertiary/aromatic N) is 2. The highest BCUT2D eigenvalue weighted by Crippen LogP contribution is 2.20. The summed E-state index contributed by atoms with van der Waals surface area (Å²) in [5.74, 6) is 1.06. The summed E-state index contributed by atoms with van der Waals surface area (Å²) in [7, 11) is 1.63. The number of hydrogen-bond acceptors (Lipinski definition) is 5. The number of rotatable bonds is 6. The molecule has 6 nitrogen and oxygen atoms in total. The van der Waals surface area contributed by atoms with Crippen LogP contribution in [0.15, 0.2) is 54.9 Å². The zero-order chi connectivity index (χ0) is 19.2. The summed E-state index contributed by atoms with van der Waals surface area (Å²) in [6, 6.07) is 14.6. The molecule has 2 aromatic carbocycles. The minimum Gasteiger partial charge on any atom is -0.497 e. The van der Waals surface area contributed by atoms with Crippen LogP contribution in [-0.2, 0) is 6.54 Å². The molecule has 3 rings (SSSR count). The first-order chi connectivity index (χ1) is 13.0. The topological polar surface area (TPSA) is 76.1 Å². The summed E-state index contributed by atoms with van der Waals surface area (Å²) in [5, 5.41) is 6.65. The molecule has 0 aliphatic rings. The maximum absolute atomic E-state index is 12.5. The standard InChI is InChI=1S/C20H19ClN4O2/c1-13-9-15(21)5-8-17(13)25-20(26)18-10-19(24-12-23-18)22-11-14-3-6-16(27-2)7-4-14/h3-10,12H,11H2,1-2H3,(H,25,26)(H,22,23,24). The number of anilines is 2. The van der Waals surface area contributed by atoms with Crippen LogP contribution in [0.1, 0.15) is 21.6 Å². The summed E-state index contributed by atoms with van der Waals surface area (Å²) < 4.78 is 5.14. The molecule has 0 aliphatic carbocycles. The number of carbonyl (C=O) groups excluding carboxylic acids is 1. The molecular weight excluding hydrogens is 364 g/mol. The van der Waals surface area contributed by atoms with Gasteiger partial charge < -0.3 is 15.4 Å². The molecule has 0 fully saturated rings. The van der Waals surface area contributed by atoms with Crippen molar-refractivity contribution in [1.82, 2.24) is 9.97 Å². The van der Waals surface area contributed by atoms with Gasteiger partial charge in [0.1, 0.15) is 23.6 Å². The molecule has 0 unspecified atom stereocenters. The molecule has 2 N–H and O–H groups in total. The van der Waals surface area contributed by atoms with Crippen molar-refractivity contribution in [1.29, 1.82) is 0 Å². The van der Waals surface area contributed by atoms with Crippen molar-refractivity contribution in [2.45, 2.75) is 13.5 Å². The number of ether oxygens (including phenoxy) is 1. The van der Waals surface area contributed by atoms with Gasteiger partial charge in [-0.1, -0.05) is 23.7 Å². The van der Waals surface area contributed by atoms with E-state index in [0.717, 1.165) is 16.9 Å². The van der Waals surface area contributed by atoms with Gasteiger partial charge in [0, 0.05) is 23.3 Å². The fraction of sp³-hybridized carbons (Fsp3) is 0.150. The molecule has 1 heterocycles. The Morgan fingerprint density at radius 1 is 1.11 bits per heavy atom. The number of halogens is 1. The molecule has 0 atom stereocenters. The summed E-state index contributed by atoms with van der Waals surface area (Å²) in [6.07, 6.45) is 1.36. The SMILES string of the molecule is COc1ccc(CNc2cc(C(=O)Nc3ccc(Cl)cc3C)ncn2)cc1. The minimum atomic E-state index is -0.310. The molecule has 1 amide bonds. The molecule has 7 heteroatoms. The normalized spacial score (nSPS) is 10.3. The Morgan fingerprint density at radius 3 is 2.59 bits per heavy atom. The number of benzene rings is 2. The van der Waals surface area contributed by atoms with E-state index in [2.05, 4.69) is 20.6 Å². The molecule has 27 heavy (non-hydrogen) atoms. The van der Waals surface area contributed by atoms with Crippen LogP contribution in [0.2, 0.25) is 5.02 Å². The Kier molecular flexibility index (Phi) is 5.88. The van der Waals surface area contributed by atoms with Gasteiger partial charge in [0.25, 0.3) is 5.91 Å². The van der Waals surface area contributed by atoms with Crippen LogP contribution in [0.3, 0.4) is 0 Å². The summed E-state index contributed by atoms with van der Waals surface area (Å²) in [4.78, 5) is 20.7. The quantitative estimate of drug-likeness (QED) is 0.664. The third kappa shape index (κ3) is 4.95. The Balaban J connectivity index is 1.66. The second-order valence-electron chi connectivity index (χ2n) is 5.90. The first kappa shape index (κ1) is 18.7. The zero-order valence-electron chi connectivity index (χ0n) is 15.0. The lowest BCUT2D eigenvalue weighted by Crippen LogP contribution is -2.15. The molecular formula is C20H19ClN4O2. The number of aromatic nitrogens is 2. The van der Waals surface area contributed by atoms with Crippen LogP contribution in [0.4, 0.5) is 11.5 Å². The Hall–Kier alpha value is -3.12. The van der Waals surface area contributed by atoms with Crippen LogP contribution >= 0.6 is 11.6 Å². The van der Waals surface area contributed by atoms with E-state index in [9.17, 15) is 4.79 Å². The summed E-state index contributed by atoms with van der Waals surface area (Å²) >= 11 is 5.94. The first-order valence-corrected chi connectivity index (χ1v) is 8.69. The van der Waals surface area contributed by atoms with Gasteiger partial charge in [-0.25, -0.2) is 9.97 Å². The average Bonchev–Trinajstić information content (AvgIpc) is 2.69. The van der Waals surface area contributed by atoms with E-state index >= 15 is 0 Å². The van der Waals surface area contributed by atoms with Crippen LogP contribution in [0.25, 0.3) is 0 Å². The van der Waals surface area contributed by atoms with Crippen molar-refractivity contribution in [2.24, 2.45) is 0 Å². The van der Waals surface area contributed by atoms with E-state index < -0.39 is 0 Å². The minimum absolute atomic E-state index is 0.275. The largest absolute Gasteiger partial charge is 0.497 e. The number of hydrogen-bond donors (Lipinski definition) is 2. The Morgan fingerprint density at radius 2 is 1.89 bits per heavy atom. The van der Waals surface area contributed by atoms with E-state index in [1.54, 1.807) is 31.4 Å². The van der Waals surface area contributed by atoms with E-state index in [0.29, 0.717) is 23.1 Å². The zero-order valence-corrected chi connectivity index (χ0v) is 15.7. The fourth-order valence-corrected chi connectivity index (χ4v) is 2.69. The van der Waals surface area contributed by atoms with Crippen molar-refractivity contribution in [3.8, 4) is 5.75 Å². The third-order valence-electron chi connectivity index (χ3n) is 3.97. The first-order valence-electron chi connectivity index (χ1n) is 8.31. The predicted octanol–water partition coefficient (Wildman–Crippen LogP) is 4.31. The van der Waals surface area contributed by atoms with E-state index in [1.165, 1.54) is 6.33 Å².